The van der Waals surface area contributed by atoms with Crippen LogP contribution in [0, 0.1) is 0 Å². The van der Waals surface area contributed by atoms with Crippen molar-refractivity contribution in [3.05, 3.63) is 0 Å². The van der Waals surface area contributed by atoms with E-state index in [0.717, 1.165) is 56.1 Å². The van der Waals surface area contributed by atoms with Crippen molar-refractivity contribution in [1.29, 1.82) is 0 Å². The Hall–Kier alpha value is 0.0569. The van der Waals surface area contributed by atoms with Gasteiger partial charge in [-0.05, 0) is 13.0 Å². The molecule has 1 aliphatic rings. The molecule has 4 nitrogen and oxygen atoms in total. The number of rotatable bonds is 4. The van der Waals surface area contributed by atoms with Gasteiger partial charge in [-0.2, -0.15) is 0 Å². The van der Waals surface area contributed by atoms with Crippen LogP contribution in [-0.4, -0.2) is 59.4 Å². The highest BCUT2D eigenvalue weighted by molar-refractivity contribution is 6.03. The number of nitrogens with zero attached hydrogens (tertiary/aromatic N) is 2. The summed E-state index contributed by atoms with van der Waals surface area (Å²) in [6.07, 6.45) is 1.12. The summed E-state index contributed by atoms with van der Waals surface area (Å²) in [4.78, 5) is 0. The van der Waals surface area contributed by atoms with Crippen LogP contribution in [0.5, 0.6) is 0 Å². The van der Waals surface area contributed by atoms with E-state index in [9.17, 15) is 0 Å². The second-order valence-corrected chi connectivity index (χ2v) is 4.26. The lowest BCUT2D eigenvalue weighted by Gasteiger charge is -2.35. The van der Waals surface area contributed by atoms with Crippen molar-refractivity contribution < 1.29 is 0 Å². The van der Waals surface area contributed by atoms with Gasteiger partial charge in [0.2, 0.25) is 0 Å². The summed E-state index contributed by atoms with van der Waals surface area (Å²) in [5, 5.41) is 5.79. The molecular weight excluding hydrogens is 168 g/mol. The van der Waals surface area contributed by atoms with Crippen LogP contribution in [0.25, 0.3) is 0 Å². The van der Waals surface area contributed by atoms with E-state index in [1.54, 1.807) is 0 Å². The Labute approximate surface area is 77.6 Å². The highest BCUT2D eigenvalue weighted by atomic mass is 28.2. The number of piperazine rings is 1. The van der Waals surface area contributed by atoms with Crippen molar-refractivity contribution in [2.45, 2.75) is 6.42 Å². The largest absolute Gasteiger partial charge is 0.330 e. The van der Waals surface area contributed by atoms with Crippen molar-refractivity contribution >= 4 is 10.4 Å². The maximum Gasteiger partial charge on any atom is 0.0987 e. The van der Waals surface area contributed by atoms with Gasteiger partial charge >= 0.3 is 0 Å². The zero-order chi connectivity index (χ0) is 8.81. The first-order chi connectivity index (χ1) is 5.84. The first-order valence-electron chi connectivity index (χ1n) is 4.71. The van der Waals surface area contributed by atoms with Crippen molar-refractivity contribution in [1.82, 2.24) is 15.0 Å². The molecule has 72 valence electrons. The van der Waals surface area contributed by atoms with Crippen LogP contribution in [0.4, 0.5) is 0 Å². The lowest BCUT2D eigenvalue weighted by Crippen LogP contribution is -2.51. The van der Waals surface area contributed by atoms with Gasteiger partial charge < -0.3 is 11.1 Å². The zero-order valence-electron chi connectivity index (χ0n) is 7.92. The third-order valence-corrected chi connectivity index (χ3v) is 3.27. The van der Waals surface area contributed by atoms with Gasteiger partial charge in [0, 0.05) is 32.7 Å². The smallest absolute Gasteiger partial charge is 0.0987 e. The van der Waals surface area contributed by atoms with Gasteiger partial charge in [0.05, 0.1) is 10.4 Å². The van der Waals surface area contributed by atoms with E-state index in [4.69, 9.17) is 5.73 Å². The van der Waals surface area contributed by atoms with Crippen LogP contribution in [0.1, 0.15) is 6.42 Å². The average molecular weight is 188 g/mol. The molecule has 0 bridgehead atoms. The standard InChI is InChI=1S/C7H20N4Si/c8-2-1-5-11(12)10-6-3-9-4-7-10/h9H,1-8H2,12H3. The lowest BCUT2D eigenvalue weighted by atomic mass is 10.4. The van der Waals surface area contributed by atoms with E-state index in [-0.39, 0.29) is 0 Å². The highest BCUT2D eigenvalue weighted by Gasteiger charge is 2.12. The Morgan fingerprint density at radius 1 is 1.42 bits per heavy atom. The highest BCUT2D eigenvalue weighted by Crippen LogP contribution is 1.96. The maximum atomic E-state index is 5.46. The van der Waals surface area contributed by atoms with Gasteiger partial charge in [0.15, 0.2) is 0 Å². The fraction of sp³-hybridized carbons (Fsp3) is 1.00. The molecule has 1 heterocycles. The van der Waals surface area contributed by atoms with Crippen LogP contribution < -0.4 is 11.1 Å². The van der Waals surface area contributed by atoms with Crippen LogP contribution in [0.3, 0.4) is 0 Å². The van der Waals surface area contributed by atoms with E-state index < -0.39 is 0 Å². The molecule has 0 atom stereocenters. The Balaban J connectivity index is 2.15. The van der Waals surface area contributed by atoms with Crippen molar-refractivity contribution in [3.8, 4) is 0 Å². The SMILES string of the molecule is NCCCN([SiH3])N1CCNCC1. The van der Waals surface area contributed by atoms with E-state index >= 15 is 0 Å². The van der Waals surface area contributed by atoms with E-state index in [2.05, 4.69) is 15.0 Å². The van der Waals surface area contributed by atoms with Crippen LogP contribution >= 0.6 is 0 Å². The van der Waals surface area contributed by atoms with Crippen molar-refractivity contribution in [3.63, 3.8) is 0 Å². The van der Waals surface area contributed by atoms with Gasteiger partial charge in [0.1, 0.15) is 0 Å². The number of hydrogen-bond acceptors (Lipinski definition) is 4. The van der Waals surface area contributed by atoms with Gasteiger partial charge in [-0.15, -0.1) is 0 Å². The minimum atomic E-state index is 0.810. The Kier molecular flexibility index (Phi) is 4.78. The van der Waals surface area contributed by atoms with E-state index in [0.29, 0.717) is 0 Å². The van der Waals surface area contributed by atoms with Crippen LogP contribution in [-0.2, 0) is 0 Å². The predicted octanol–water partition coefficient (Wildman–Crippen LogP) is -2.26. The van der Waals surface area contributed by atoms with Gasteiger partial charge in [-0.3, -0.25) is 4.67 Å². The van der Waals surface area contributed by atoms with Gasteiger partial charge in [-0.1, -0.05) is 0 Å². The quantitative estimate of drug-likeness (QED) is 0.489. The molecule has 1 rings (SSSR count). The molecule has 1 fully saturated rings. The second kappa shape index (κ2) is 5.66. The average Bonchev–Trinajstić information content (AvgIpc) is 2.15. The molecule has 12 heavy (non-hydrogen) atoms. The summed E-state index contributed by atoms with van der Waals surface area (Å²) >= 11 is 0. The number of nitrogens with one attached hydrogen (secondary N) is 1. The minimum Gasteiger partial charge on any atom is -0.330 e. The summed E-state index contributed by atoms with van der Waals surface area (Å²) in [5.41, 5.74) is 5.46. The fourth-order valence-electron chi connectivity index (χ4n) is 1.46. The Morgan fingerprint density at radius 2 is 2.08 bits per heavy atom. The zero-order valence-corrected chi connectivity index (χ0v) is 9.92. The van der Waals surface area contributed by atoms with E-state index in [1.807, 2.05) is 0 Å². The molecule has 1 aliphatic heterocycles. The van der Waals surface area contributed by atoms with Gasteiger partial charge in [0.25, 0.3) is 0 Å². The van der Waals surface area contributed by atoms with Crippen LogP contribution in [0.2, 0.25) is 0 Å². The molecule has 5 heteroatoms. The molecule has 0 aliphatic carbocycles. The third-order valence-electron chi connectivity index (χ3n) is 2.26. The molecule has 0 aromatic rings. The molecule has 3 N–H and O–H groups in total. The van der Waals surface area contributed by atoms with Crippen molar-refractivity contribution in [2.24, 2.45) is 5.73 Å². The third kappa shape index (κ3) is 3.20. The summed E-state index contributed by atoms with van der Waals surface area (Å²) in [6.45, 7) is 6.53. The number of hydrazine groups is 1. The lowest BCUT2D eigenvalue weighted by molar-refractivity contribution is 0.0474. The normalized spacial score (nSPS) is 20.5. The number of hydrogen-bond donors (Lipinski definition) is 2. The minimum absolute atomic E-state index is 0.810. The molecule has 1 saturated heterocycles. The molecule has 0 amide bonds. The Bertz CT molecular complexity index is 116. The number of nitrogens with two attached hydrogens (primary N) is 1. The Morgan fingerprint density at radius 3 is 2.67 bits per heavy atom. The molecule has 0 radical (unpaired) electrons. The summed E-state index contributed by atoms with van der Waals surface area (Å²) in [6, 6.07) is 0. The molecular formula is C7H20N4Si. The monoisotopic (exact) mass is 188 g/mol. The van der Waals surface area contributed by atoms with Crippen molar-refractivity contribution in [2.75, 3.05) is 39.3 Å². The second-order valence-electron chi connectivity index (χ2n) is 3.23. The van der Waals surface area contributed by atoms with Gasteiger partial charge in [-0.25, -0.2) is 5.01 Å². The first-order valence-corrected chi connectivity index (χ1v) is 5.61. The maximum absolute atomic E-state index is 5.46. The topological polar surface area (TPSA) is 44.5 Å². The van der Waals surface area contributed by atoms with Crippen LogP contribution in [0.15, 0.2) is 0 Å². The molecule has 0 aromatic heterocycles. The first kappa shape index (κ1) is 10.1. The molecule has 0 spiro atoms. The predicted molar refractivity (Wildman–Crippen MR) is 54.8 cm³/mol. The molecule has 0 unspecified atom stereocenters. The summed E-state index contributed by atoms with van der Waals surface area (Å²) < 4.78 is 2.42. The van der Waals surface area contributed by atoms with E-state index in [1.165, 1.54) is 0 Å². The molecule has 0 saturated carbocycles. The summed E-state index contributed by atoms with van der Waals surface area (Å²) in [5.74, 6) is 0. The fourth-order valence-corrected chi connectivity index (χ4v) is 2.17. The summed E-state index contributed by atoms with van der Waals surface area (Å²) in [7, 11) is 1.12. The molecule has 0 aromatic carbocycles.